The van der Waals surface area contributed by atoms with Crippen molar-refractivity contribution in [1.82, 2.24) is 10.1 Å². The van der Waals surface area contributed by atoms with E-state index in [-0.39, 0.29) is 6.61 Å². The Morgan fingerprint density at radius 3 is 2.44 bits per heavy atom. The van der Waals surface area contributed by atoms with Crippen molar-refractivity contribution in [1.29, 1.82) is 0 Å². The molecule has 3 heterocycles. The minimum absolute atomic E-state index is 0.222. The zero-order chi connectivity index (χ0) is 24.9. The van der Waals surface area contributed by atoms with Crippen LogP contribution in [-0.4, -0.2) is 28.3 Å². The third kappa shape index (κ3) is 4.33. The standard InChI is InChI=1S/C27H22Cl3N3O3/c28-20-4-3-5-21(29)24(20)25-18(26(36-32-25)16-7-8-16)13-35-17-9-10-19(22(30)12-17)27(34)14-33(15-27)23-6-1-2-11-31-23/h1-6,9-12,16,34H,7-8,13-15H2. The number of rotatable bonds is 7. The smallest absolute Gasteiger partial charge is 0.147 e. The van der Waals surface area contributed by atoms with Gasteiger partial charge in [0.2, 0.25) is 0 Å². The van der Waals surface area contributed by atoms with Gasteiger partial charge in [0.05, 0.1) is 33.7 Å². The van der Waals surface area contributed by atoms with Gasteiger partial charge in [-0.1, -0.05) is 58.2 Å². The van der Waals surface area contributed by atoms with Crippen LogP contribution in [0.25, 0.3) is 11.3 Å². The molecule has 0 bridgehead atoms. The van der Waals surface area contributed by atoms with Gasteiger partial charge in [-0.15, -0.1) is 0 Å². The number of aromatic nitrogens is 2. The number of ether oxygens (including phenoxy) is 1. The average molecular weight is 543 g/mol. The van der Waals surface area contributed by atoms with Crippen LogP contribution < -0.4 is 9.64 Å². The third-order valence-electron chi connectivity index (χ3n) is 6.67. The highest BCUT2D eigenvalue weighted by atomic mass is 35.5. The van der Waals surface area contributed by atoms with Crippen molar-refractivity contribution in [3.8, 4) is 17.0 Å². The molecule has 0 radical (unpaired) electrons. The molecule has 4 aromatic rings. The lowest BCUT2D eigenvalue weighted by molar-refractivity contribution is 0.00712. The summed E-state index contributed by atoms with van der Waals surface area (Å²) in [5.41, 5.74) is 1.67. The van der Waals surface area contributed by atoms with Gasteiger partial charge in [-0.3, -0.25) is 0 Å². The van der Waals surface area contributed by atoms with E-state index in [4.69, 9.17) is 44.1 Å². The van der Waals surface area contributed by atoms with Crippen molar-refractivity contribution in [3.05, 3.63) is 92.7 Å². The molecule has 1 saturated heterocycles. The number of hydrogen-bond acceptors (Lipinski definition) is 6. The molecule has 1 aliphatic carbocycles. The summed E-state index contributed by atoms with van der Waals surface area (Å²) in [6.07, 6.45) is 3.83. The Balaban J connectivity index is 1.21. The minimum atomic E-state index is -1.05. The molecule has 36 heavy (non-hydrogen) atoms. The second-order valence-electron chi connectivity index (χ2n) is 9.25. The fraction of sp³-hybridized carbons (Fsp3) is 0.259. The summed E-state index contributed by atoms with van der Waals surface area (Å²) in [5, 5.41) is 16.9. The van der Waals surface area contributed by atoms with E-state index in [1.54, 1.807) is 30.5 Å². The summed E-state index contributed by atoms with van der Waals surface area (Å²) >= 11 is 19.5. The molecule has 9 heteroatoms. The molecule has 2 aromatic heterocycles. The van der Waals surface area contributed by atoms with Crippen LogP contribution >= 0.6 is 34.8 Å². The molecule has 184 valence electrons. The zero-order valence-corrected chi connectivity index (χ0v) is 21.4. The number of nitrogens with zero attached hydrogens (tertiary/aromatic N) is 3. The van der Waals surface area contributed by atoms with Crippen LogP contribution in [0.1, 0.15) is 35.6 Å². The first kappa shape index (κ1) is 23.6. The van der Waals surface area contributed by atoms with Crippen LogP contribution in [-0.2, 0) is 12.2 Å². The predicted molar refractivity (Wildman–Crippen MR) is 140 cm³/mol. The molecule has 6 rings (SSSR count). The van der Waals surface area contributed by atoms with Crippen LogP contribution in [0.5, 0.6) is 5.75 Å². The number of pyridine rings is 1. The summed E-state index contributed by atoms with van der Waals surface area (Å²) in [6, 6.07) is 16.4. The van der Waals surface area contributed by atoms with Crippen molar-refractivity contribution < 1.29 is 14.4 Å². The lowest BCUT2D eigenvalue weighted by atomic mass is 9.86. The first-order chi connectivity index (χ1) is 17.4. The van der Waals surface area contributed by atoms with Gasteiger partial charge < -0.3 is 19.3 Å². The van der Waals surface area contributed by atoms with Gasteiger partial charge in [-0.25, -0.2) is 4.98 Å². The minimum Gasteiger partial charge on any atom is -0.489 e. The van der Waals surface area contributed by atoms with E-state index in [1.807, 2.05) is 35.2 Å². The van der Waals surface area contributed by atoms with Gasteiger partial charge in [0.1, 0.15) is 35.2 Å². The molecule has 1 N–H and O–H groups in total. The van der Waals surface area contributed by atoms with Crippen molar-refractivity contribution in [2.75, 3.05) is 18.0 Å². The molecule has 2 aliphatic rings. The molecular weight excluding hydrogens is 521 g/mol. The monoisotopic (exact) mass is 541 g/mol. The van der Waals surface area contributed by atoms with Gasteiger partial charge in [0.15, 0.2) is 0 Å². The molecule has 6 nitrogen and oxygen atoms in total. The molecule has 2 aromatic carbocycles. The van der Waals surface area contributed by atoms with Crippen LogP contribution in [0.15, 0.2) is 65.3 Å². The molecule has 1 aliphatic heterocycles. The van der Waals surface area contributed by atoms with Crippen molar-refractivity contribution in [2.24, 2.45) is 0 Å². The summed E-state index contributed by atoms with van der Waals surface area (Å²) < 4.78 is 11.8. The van der Waals surface area contributed by atoms with E-state index in [0.717, 1.165) is 30.0 Å². The van der Waals surface area contributed by atoms with E-state index in [0.29, 0.717) is 56.6 Å². The summed E-state index contributed by atoms with van der Waals surface area (Å²) in [5.74, 6) is 2.54. The largest absolute Gasteiger partial charge is 0.489 e. The van der Waals surface area contributed by atoms with Gasteiger partial charge >= 0.3 is 0 Å². The van der Waals surface area contributed by atoms with E-state index in [1.165, 1.54) is 0 Å². The fourth-order valence-electron chi connectivity index (χ4n) is 4.63. The maximum absolute atomic E-state index is 11.1. The van der Waals surface area contributed by atoms with Gasteiger partial charge in [-0.05, 0) is 49.2 Å². The van der Waals surface area contributed by atoms with E-state index < -0.39 is 5.60 Å². The Kier molecular flexibility index (Phi) is 6.08. The zero-order valence-electron chi connectivity index (χ0n) is 19.1. The van der Waals surface area contributed by atoms with Gasteiger partial charge in [0, 0.05) is 23.2 Å². The van der Waals surface area contributed by atoms with E-state index >= 15 is 0 Å². The average Bonchev–Trinajstić information content (AvgIpc) is 3.61. The Morgan fingerprint density at radius 2 is 1.78 bits per heavy atom. The SMILES string of the molecule is OC1(c2ccc(OCc3c(-c4c(Cl)cccc4Cl)noc3C3CC3)cc2Cl)CN(c2ccccn2)C1. The van der Waals surface area contributed by atoms with Crippen molar-refractivity contribution in [3.63, 3.8) is 0 Å². The third-order valence-corrected chi connectivity index (χ3v) is 7.61. The first-order valence-corrected chi connectivity index (χ1v) is 12.8. The van der Waals surface area contributed by atoms with Gasteiger partial charge in [0.25, 0.3) is 0 Å². The van der Waals surface area contributed by atoms with Crippen LogP contribution in [0.2, 0.25) is 15.1 Å². The summed E-state index contributed by atoms with van der Waals surface area (Å²) in [4.78, 5) is 6.35. The molecule has 1 saturated carbocycles. The number of benzene rings is 2. The van der Waals surface area contributed by atoms with Gasteiger partial charge in [-0.2, -0.15) is 0 Å². The molecule has 0 atom stereocenters. The Hall–Kier alpha value is -2.77. The predicted octanol–water partition coefficient (Wildman–Crippen LogP) is 6.86. The molecule has 2 fully saturated rings. The Bertz CT molecular complexity index is 1400. The Morgan fingerprint density at radius 1 is 1.00 bits per heavy atom. The van der Waals surface area contributed by atoms with Crippen LogP contribution in [0.4, 0.5) is 5.82 Å². The summed E-state index contributed by atoms with van der Waals surface area (Å²) in [6.45, 7) is 1.05. The quantitative estimate of drug-likeness (QED) is 0.275. The highest BCUT2D eigenvalue weighted by molar-refractivity contribution is 6.39. The maximum Gasteiger partial charge on any atom is 0.147 e. The number of hydrogen-bond donors (Lipinski definition) is 1. The maximum atomic E-state index is 11.1. The highest BCUT2D eigenvalue weighted by Gasteiger charge is 2.44. The molecular formula is C27H22Cl3N3O3. The van der Waals surface area contributed by atoms with Crippen molar-refractivity contribution >= 4 is 40.6 Å². The van der Waals surface area contributed by atoms with Crippen LogP contribution in [0, 0.1) is 0 Å². The number of anilines is 1. The van der Waals surface area contributed by atoms with Crippen LogP contribution in [0.3, 0.4) is 0 Å². The van der Waals surface area contributed by atoms with Crippen molar-refractivity contribution in [2.45, 2.75) is 31.0 Å². The van der Waals surface area contributed by atoms with E-state index in [2.05, 4.69) is 10.1 Å². The Labute approximate surface area is 223 Å². The number of aliphatic hydroxyl groups is 1. The molecule has 0 amide bonds. The molecule has 0 unspecified atom stereocenters. The molecule has 0 spiro atoms. The highest BCUT2D eigenvalue weighted by Crippen LogP contribution is 2.46. The van der Waals surface area contributed by atoms with E-state index in [9.17, 15) is 5.11 Å². The second-order valence-corrected chi connectivity index (χ2v) is 10.5. The summed E-state index contributed by atoms with van der Waals surface area (Å²) in [7, 11) is 0. The fourth-order valence-corrected chi connectivity index (χ4v) is 5.55. The normalized spacial score (nSPS) is 16.6. The second kappa shape index (κ2) is 9.27. The topological polar surface area (TPSA) is 71.6 Å². The lowest BCUT2D eigenvalue weighted by Crippen LogP contribution is -2.60. The lowest BCUT2D eigenvalue weighted by Gasteiger charge is -2.47. The number of β-amino-alcohol motifs (C(OH)–C–C–N with tert-alkyl or cyclic N) is 1. The number of halogens is 3. The first-order valence-electron chi connectivity index (χ1n) is 11.7.